The Bertz CT molecular complexity index is 213. The van der Waals surface area contributed by atoms with Crippen LogP contribution in [-0.4, -0.2) is 10.3 Å². The molecule has 0 bridgehead atoms. The van der Waals surface area contributed by atoms with Gasteiger partial charge in [-0.3, -0.25) is 4.98 Å². The van der Waals surface area contributed by atoms with Gasteiger partial charge in [0.25, 0.3) is 0 Å². The van der Waals surface area contributed by atoms with E-state index in [4.69, 9.17) is 0 Å². The zero-order valence-corrected chi connectivity index (χ0v) is 8.52. The molecule has 1 rings (SSSR count). The minimum atomic E-state index is 0.991. The lowest BCUT2D eigenvalue weighted by molar-refractivity contribution is 1.12. The number of hydrogen-bond donors (Lipinski definition) is 0. The molecule has 1 aromatic heterocycles. The predicted molar refractivity (Wildman–Crippen MR) is 49.4 cm³/mol. The minimum absolute atomic E-state index is 0.991. The van der Waals surface area contributed by atoms with E-state index in [2.05, 4.69) is 42.9 Å². The van der Waals surface area contributed by atoms with Gasteiger partial charge in [0.1, 0.15) is 0 Å². The molecule has 0 saturated carbocycles. The lowest BCUT2D eigenvalue weighted by Gasteiger charge is -1.95. The molecule has 0 fully saturated rings. The molecule has 0 aliphatic heterocycles. The SMILES string of the molecule is BrCCc1cncc(Br)c1. The van der Waals surface area contributed by atoms with E-state index < -0.39 is 0 Å². The number of nitrogens with zero attached hydrogens (tertiary/aromatic N) is 1. The van der Waals surface area contributed by atoms with Crippen molar-refractivity contribution in [3.8, 4) is 0 Å². The Kier molecular flexibility index (Phi) is 3.35. The third-order valence-electron chi connectivity index (χ3n) is 1.14. The molecule has 54 valence electrons. The Balaban J connectivity index is 2.75. The van der Waals surface area contributed by atoms with Gasteiger partial charge in [-0.15, -0.1) is 0 Å². The van der Waals surface area contributed by atoms with E-state index in [9.17, 15) is 0 Å². The van der Waals surface area contributed by atoms with Crippen molar-refractivity contribution >= 4 is 31.9 Å². The highest BCUT2D eigenvalue weighted by Crippen LogP contribution is 2.10. The zero-order chi connectivity index (χ0) is 7.40. The molecule has 0 N–H and O–H groups in total. The maximum absolute atomic E-state index is 4.04. The van der Waals surface area contributed by atoms with Crippen LogP contribution in [0.25, 0.3) is 0 Å². The monoisotopic (exact) mass is 263 g/mol. The first-order valence-electron chi connectivity index (χ1n) is 2.98. The van der Waals surface area contributed by atoms with E-state index in [-0.39, 0.29) is 0 Å². The van der Waals surface area contributed by atoms with Crippen LogP contribution in [0, 0.1) is 0 Å². The fourth-order valence-electron chi connectivity index (χ4n) is 0.702. The van der Waals surface area contributed by atoms with Crippen LogP contribution in [0.4, 0.5) is 0 Å². The van der Waals surface area contributed by atoms with Crippen molar-refractivity contribution in [1.82, 2.24) is 4.98 Å². The summed E-state index contributed by atoms with van der Waals surface area (Å²) in [6.45, 7) is 0. The summed E-state index contributed by atoms with van der Waals surface area (Å²) in [7, 11) is 0. The van der Waals surface area contributed by atoms with Crippen LogP contribution >= 0.6 is 31.9 Å². The summed E-state index contributed by atoms with van der Waals surface area (Å²) in [4.78, 5) is 4.04. The second-order valence-electron chi connectivity index (χ2n) is 1.95. The standard InChI is InChI=1S/C7H7Br2N/c8-2-1-6-3-7(9)5-10-4-6/h3-5H,1-2H2. The fourth-order valence-corrected chi connectivity index (χ4v) is 1.57. The van der Waals surface area contributed by atoms with Crippen molar-refractivity contribution in [2.45, 2.75) is 6.42 Å². The normalized spacial score (nSPS) is 9.80. The van der Waals surface area contributed by atoms with Gasteiger partial charge in [0, 0.05) is 22.2 Å². The number of pyridine rings is 1. The molecular formula is C7H7Br2N. The summed E-state index contributed by atoms with van der Waals surface area (Å²) >= 11 is 6.72. The number of halogens is 2. The maximum atomic E-state index is 4.04. The van der Waals surface area contributed by atoms with Gasteiger partial charge in [0.2, 0.25) is 0 Å². The van der Waals surface area contributed by atoms with E-state index in [0.717, 1.165) is 16.2 Å². The van der Waals surface area contributed by atoms with Crippen LogP contribution in [0.5, 0.6) is 0 Å². The van der Waals surface area contributed by atoms with Crippen molar-refractivity contribution in [3.63, 3.8) is 0 Å². The quantitative estimate of drug-likeness (QED) is 0.749. The van der Waals surface area contributed by atoms with Crippen molar-refractivity contribution in [1.29, 1.82) is 0 Å². The molecule has 1 aromatic rings. The second-order valence-corrected chi connectivity index (χ2v) is 3.66. The van der Waals surface area contributed by atoms with E-state index in [1.807, 2.05) is 6.20 Å². The fraction of sp³-hybridized carbons (Fsp3) is 0.286. The highest BCUT2D eigenvalue weighted by molar-refractivity contribution is 9.10. The van der Waals surface area contributed by atoms with E-state index in [0.29, 0.717) is 0 Å². The predicted octanol–water partition coefficient (Wildman–Crippen LogP) is 2.78. The first kappa shape index (κ1) is 8.21. The second kappa shape index (κ2) is 4.09. The summed E-state index contributed by atoms with van der Waals surface area (Å²) in [6.07, 6.45) is 4.70. The van der Waals surface area contributed by atoms with Crippen LogP contribution in [0.2, 0.25) is 0 Å². The third-order valence-corrected chi connectivity index (χ3v) is 1.97. The summed E-state index contributed by atoms with van der Waals surface area (Å²) in [6, 6.07) is 2.08. The summed E-state index contributed by atoms with van der Waals surface area (Å²) in [5, 5.41) is 0.991. The lowest BCUT2D eigenvalue weighted by Crippen LogP contribution is -1.86. The number of aryl methyl sites for hydroxylation is 1. The van der Waals surface area contributed by atoms with Crippen LogP contribution in [0.15, 0.2) is 22.9 Å². The van der Waals surface area contributed by atoms with Gasteiger partial charge < -0.3 is 0 Å². The van der Waals surface area contributed by atoms with Crippen LogP contribution in [0.3, 0.4) is 0 Å². The largest absolute Gasteiger partial charge is 0.263 e. The van der Waals surface area contributed by atoms with Crippen molar-refractivity contribution in [2.24, 2.45) is 0 Å². The van der Waals surface area contributed by atoms with Gasteiger partial charge >= 0.3 is 0 Å². The van der Waals surface area contributed by atoms with Gasteiger partial charge in [-0.25, -0.2) is 0 Å². The maximum Gasteiger partial charge on any atom is 0.0410 e. The molecule has 1 heterocycles. The summed E-state index contributed by atoms with van der Waals surface area (Å²) in [5.41, 5.74) is 1.26. The first-order chi connectivity index (χ1) is 4.83. The van der Waals surface area contributed by atoms with Crippen LogP contribution < -0.4 is 0 Å². The van der Waals surface area contributed by atoms with Gasteiger partial charge in [-0.2, -0.15) is 0 Å². The Hall–Kier alpha value is 0.110. The average Bonchev–Trinajstić information content (AvgIpc) is 1.88. The number of rotatable bonds is 2. The minimum Gasteiger partial charge on any atom is -0.263 e. The van der Waals surface area contributed by atoms with Gasteiger partial charge in [-0.05, 0) is 34.0 Å². The lowest BCUT2D eigenvalue weighted by atomic mass is 10.2. The molecule has 3 heteroatoms. The van der Waals surface area contributed by atoms with E-state index in [1.54, 1.807) is 6.20 Å². The van der Waals surface area contributed by atoms with Crippen molar-refractivity contribution < 1.29 is 0 Å². The van der Waals surface area contributed by atoms with Crippen molar-refractivity contribution in [3.05, 3.63) is 28.5 Å². The Labute approximate surface area is 77.1 Å². The van der Waals surface area contributed by atoms with Gasteiger partial charge in [0.15, 0.2) is 0 Å². The molecule has 0 atom stereocenters. The molecule has 0 saturated heterocycles. The van der Waals surface area contributed by atoms with Gasteiger partial charge in [-0.1, -0.05) is 15.9 Å². The molecule has 1 nitrogen and oxygen atoms in total. The van der Waals surface area contributed by atoms with Crippen LogP contribution in [-0.2, 0) is 6.42 Å². The Morgan fingerprint density at radius 3 is 2.80 bits per heavy atom. The molecule has 0 aromatic carbocycles. The highest BCUT2D eigenvalue weighted by atomic mass is 79.9. The molecule has 0 unspecified atom stereocenters. The summed E-state index contributed by atoms with van der Waals surface area (Å²) < 4.78 is 1.05. The van der Waals surface area contributed by atoms with Crippen LogP contribution in [0.1, 0.15) is 5.56 Å². The van der Waals surface area contributed by atoms with E-state index in [1.165, 1.54) is 5.56 Å². The molecule has 0 amide bonds. The smallest absolute Gasteiger partial charge is 0.0410 e. The third kappa shape index (κ3) is 2.39. The summed E-state index contributed by atoms with van der Waals surface area (Å²) in [5.74, 6) is 0. The average molecular weight is 265 g/mol. The first-order valence-corrected chi connectivity index (χ1v) is 4.90. The van der Waals surface area contributed by atoms with Crippen molar-refractivity contribution in [2.75, 3.05) is 5.33 Å². The number of alkyl halides is 1. The number of aromatic nitrogens is 1. The molecular weight excluding hydrogens is 258 g/mol. The highest BCUT2D eigenvalue weighted by Gasteiger charge is 1.91. The molecule has 10 heavy (non-hydrogen) atoms. The Morgan fingerprint density at radius 2 is 2.20 bits per heavy atom. The topological polar surface area (TPSA) is 12.9 Å². The molecule has 0 aliphatic rings. The van der Waals surface area contributed by atoms with Gasteiger partial charge in [0.05, 0.1) is 0 Å². The molecule has 0 aliphatic carbocycles. The zero-order valence-electron chi connectivity index (χ0n) is 5.35. The van der Waals surface area contributed by atoms with E-state index >= 15 is 0 Å². The molecule has 0 radical (unpaired) electrons. The molecule has 0 spiro atoms. The Morgan fingerprint density at radius 1 is 1.40 bits per heavy atom. The number of hydrogen-bond acceptors (Lipinski definition) is 1.